The van der Waals surface area contributed by atoms with E-state index >= 15 is 0 Å². The van der Waals surface area contributed by atoms with Crippen molar-refractivity contribution in [3.8, 4) is 0 Å². The summed E-state index contributed by atoms with van der Waals surface area (Å²) in [7, 11) is 0. The monoisotopic (exact) mass is 204 g/mol. The summed E-state index contributed by atoms with van der Waals surface area (Å²) < 4.78 is 0. The minimum Gasteiger partial charge on any atom is -0.261 e. The highest BCUT2D eigenvalue weighted by Crippen LogP contribution is 2.11. The molecule has 0 aliphatic heterocycles. The quantitative estimate of drug-likeness (QED) is 0.752. The van der Waals surface area contributed by atoms with Crippen LogP contribution >= 0.6 is 11.6 Å². The van der Waals surface area contributed by atoms with E-state index in [0.717, 1.165) is 17.1 Å². The van der Waals surface area contributed by atoms with E-state index in [9.17, 15) is 0 Å². The molecule has 2 aromatic rings. The van der Waals surface area contributed by atoms with Gasteiger partial charge in [-0.15, -0.1) is 0 Å². The molecule has 1 heterocycles. The lowest BCUT2D eigenvalue weighted by Crippen LogP contribution is -1.91. The molecule has 0 fully saturated rings. The summed E-state index contributed by atoms with van der Waals surface area (Å²) in [6, 6.07) is 7.76. The van der Waals surface area contributed by atoms with E-state index in [1.54, 1.807) is 18.6 Å². The maximum Gasteiger partial charge on any atom is 0.0630 e. The number of nitrogens with zero attached hydrogens (tertiary/aromatic N) is 2. The van der Waals surface area contributed by atoms with Gasteiger partial charge < -0.3 is 0 Å². The van der Waals surface area contributed by atoms with Crippen LogP contribution in [-0.4, -0.2) is 9.97 Å². The van der Waals surface area contributed by atoms with Gasteiger partial charge in [0.15, 0.2) is 0 Å². The zero-order chi connectivity index (χ0) is 9.80. The van der Waals surface area contributed by atoms with Crippen molar-refractivity contribution in [2.75, 3.05) is 0 Å². The molecule has 0 atom stereocenters. The first kappa shape index (κ1) is 9.16. The first-order valence-electron chi connectivity index (χ1n) is 4.34. The van der Waals surface area contributed by atoms with Gasteiger partial charge in [0.2, 0.25) is 0 Å². The molecular formula is C11H9ClN2. The van der Waals surface area contributed by atoms with E-state index in [1.165, 1.54) is 5.56 Å². The van der Waals surface area contributed by atoms with Gasteiger partial charge in [0.25, 0.3) is 0 Å². The largest absolute Gasteiger partial charge is 0.261 e. The Bertz CT molecular complexity index is 397. The second-order valence-electron chi connectivity index (χ2n) is 3.00. The summed E-state index contributed by atoms with van der Waals surface area (Å²) in [4.78, 5) is 8.21. The molecule has 14 heavy (non-hydrogen) atoms. The Balaban J connectivity index is 2.16. The van der Waals surface area contributed by atoms with Crippen LogP contribution < -0.4 is 0 Å². The number of halogens is 1. The highest BCUT2D eigenvalue weighted by atomic mass is 35.5. The fourth-order valence-electron chi connectivity index (χ4n) is 1.23. The Morgan fingerprint density at radius 3 is 2.50 bits per heavy atom. The van der Waals surface area contributed by atoms with Gasteiger partial charge in [-0.2, -0.15) is 0 Å². The highest BCUT2D eigenvalue weighted by molar-refractivity contribution is 6.30. The van der Waals surface area contributed by atoms with Gasteiger partial charge in [-0.05, 0) is 17.7 Å². The predicted octanol–water partition coefficient (Wildman–Crippen LogP) is 2.72. The SMILES string of the molecule is Clc1ccc(Cc2cnccn2)cc1. The Kier molecular flexibility index (Phi) is 2.75. The average Bonchev–Trinajstić information content (AvgIpc) is 2.23. The number of hydrogen-bond acceptors (Lipinski definition) is 2. The normalized spacial score (nSPS) is 10.1. The maximum atomic E-state index is 5.79. The van der Waals surface area contributed by atoms with Crippen molar-refractivity contribution in [2.24, 2.45) is 0 Å². The molecule has 0 bridgehead atoms. The molecule has 0 N–H and O–H groups in total. The number of rotatable bonds is 2. The van der Waals surface area contributed by atoms with Crippen molar-refractivity contribution in [3.05, 3.63) is 59.1 Å². The summed E-state index contributed by atoms with van der Waals surface area (Å²) in [5, 5.41) is 0.757. The molecule has 2 rings (SSSR count). The molecule has 0 aliphatic rings. The molecular weight excluding hydrogens is 196 g/mol. The topological polar surface area (TPSA) is 25.8 Å². The fraction of sp³-hybridized carbons (Fsp3) is 0.0909. The van der Waals surface area contributed by atoms with Crippen molar-refractivity contribution in [1.29, 1.82) is 0 Å². The molecule has 0 spiro atoms. The molecule has 70 valence electrons. The third-order valence-electron chi connectivity index (χ3n) is 1.92. The zero-order valence-electron chi connectivity index (χ0n) is 7.52. The second-order valence-corrected chi connectivity index (χ2v) is 3.44. The van der Waals surface area contributed by atoms with Crippen LogP contribution in [0.15, 0.2) is 42.9 Å². The molecule has 0 radical (unpaired) electrons. The Hall–Kier alpha value is -1.41. The van der Waals surface area contributed by atoms with Crippen molar-refractivity contribution in [3.63, 3.8) is 0 Å². The molecule has 1 aromatic heterocycles. The Labute approximate surface area is 87.6 Å². The second kappa shape index (κ2) is 4.20. The number of aromatic nitrogens is 2. The lowest BCUT2D eigenvalue weighted by atomic mass is 10.1. The molecule has 0 unspecified atom stereocenters. The maximum absolute atomic E-state index is 5.79. The third kappa shape index (κ3) is 2.30. The van der Waals surface area contributed by atoms with E-state index in [0.29, 0.717) is 0 Å². The van der Waals surface area contributed by atoms with Crippen LogP contribution in [0.5, 0.6) is 0 Å². The van der Waals surface area contributed by atoms with E-state index in [4.69, 9.17) is 11.6 Å². The van der Waals surface area contributed by atoms with Crippen LogP contribution in [0.4, 0.5) is 0 Å². The molecule has 1 aromatic carbocycles. The van der Waals surface area contributed by atoms with Gasteiger partial charge in [0.1, 0.15) is 0 Å². The first-order chi connectivity index (χ1) is 6.84. The molecule has 3 heteroatoms. The summed E-state index contributed by atoms with van der Waals surface area (Å²) in [6.07, 6.45) is 5.94. The summed E-state index contributed by atoms with van der Waals surface area (Å²) in [5.74, 6) is 0. The van der Waals surface area contributed by atoms with E-state index in [1.807, 2.05) is 24.3 Å². The molecule has 0 amide bonds. The Morgan fingerprint density at radius 2 is 1.86 bits per heavy atom. The smallest absolute Gasteiger partial charge is 0.0630 e. The van der Waals surface area contributed by atoms with Gasteiger partial charge in [-0.3, -0.25) is 9.97 Å². The van der Waals surface area contributed by atoms with Gasteiger partial charge in [-0.25, -0.2) is 0 Å². The van der Waals surface area contributed by atoms with E-state index in [-0.39, 0.29) is 0 Å². The van der Waals surface area contributed by atoms with Gasteiger partial charge >= 0.3 is 0 Å². The van der Waals surface area contributed by atoms with Gasteiger partial charge in [0, 0.05) is 30.0 Å². The van der Waals surface area contributed by atoms with Crippen molar-refractivity contribution in [2.45, 2.75) is 6.42 Å². The summed E-state index contributed by atoms with van der Waals surface area (Å²) in [5.41, 5.74) is 2.16. The van der Waals surface area contributed by atoms with Crippen LogP contribution in [0.2, 0.25) is 5.02 Å². The number of hydrogen-bond donors (Lipinski definition) is 0. The van der Waals surface area contributed by atoms with Crippen LogP contribution in [0, 0.1) is 0 Å². The first-order valence-corrected chi connectivity index (χ1v) is 4.72. The van der Waals surface area contributed by atoms with Crippen molar-refractivity contribution >= 4 is 11.6 Å². The van der Waals surface area contributed by atoms with Gasteiger partial charge in [-0.1, -0.05) is 23.7 Å². The van der Waals surface area contributed by atoms with Crippen molar-refractivity contribution in [1.82, 2.24) is 9.97 Å². The fourth-order valence-corrected chi connectivity index (χ4v) is 1.36. The molecule has 0 saturated heterocycles. The molecule has 2 nitrogen and oxygen atoms in total. The zero-order valence-corrected chi connectivity index (χ0v) is 8.28. The standard InChI is InChI=1S/C11H9ClN2/c12-10-3-1-9(2-4-10)7-11-8-13-5-6-14-11/h1-6,8H,7H2. The van der Waals surface area contributed by atoms with E-state index in [2.05, 4.69) is 9.97 Å². The van der Waals surface area contributed by atoms with Crippen LogP contribution in [-0.2, 0) is 6.42 Å². The lowest BCUT2D eigenvalue weighted by Gasteiger charge is -1.99. The molecule has 0 aliphatic carbocycles. The number of benzene rings is 1. The van der Waals surface area contributed by atoms with Crippen LogP contribution in [0.3, 0.4) is 0 Å². The van der Waals surface area contributed by atoms with E-state index < -0.39 is 0 Å². The summed E-state index contributed by atoms with van der Waals surface area (Å²) >= 11 is 5.79. The highest BCUT2D eigenvalue weighted by Gasteiger charge is 1.96. The minimum absolute atomic E-state index is 0.757. The van der Waals surface area contributed by atoms with Gasteiger partial charge in [0.05, 0.1) is 5.69 Å². The molecule has 0 saturated carbocycles. The minimum atomic E-state index is 0.757. The third-order valence-corrected chi connectivity index (χ3v) is 2.17. The van der Waals surface area contributed by atoms with Crippen LogP contribution in [0.1, 0.15) is 11.3 Å². The summed E-state index contributed by atoms with van der Waals surface area (Å²) in [6.45, 7) is 0. The lowest BCUT2D eigenvalue weighted by molar-refractivity contribution is 1.03. The van der Waals surface area contributed by atoms with Crippen molar-refractivity contribution < 1.29 is 0 Å². The van der Waals surface area contributed by atoms with Crippen LogP contribution in [0.25, 0.3) is 0 Å². The predicted molar refractivity (Wildman–Crippen MR) is 56.3 cm³/mol. The Morgan fingerprint density at radius 1 is 1.07 bits per heavy atom. The average molecular weight is 205 g/mol.